The van der Waals surface area contributed by atoms with Crippen molar-refractivity contribution in [1.29, 1.82) is 5.26 Å². The summed E-state index contributed by atoms with van der Waals surface area (Å²) in [5.74, 6) is 1.13. The molecule has 0 atom stereocenters. The summed E-state index contributed by atoms with van der Waals surface area (Å²) >= 11 is 6.05. The highest BCUT2D eigenvalue weighted by Crippen LogP contribution is 2.30. The van der Waals surface area contributed by atoms with E-state index in [1.807, 2.05) is 13.0 Å². The van der Waals surface area contributed by atoms with Gasteiger partial charge in [0.25, 0.3) is 0 Å². The summed E-state index contributed by atoms with van der Waals surface area (Å²) in [4.78, 5) is 0. The minimum Gasteiger partial charge on any atom is -0.455 e. The Kier molecular flexibility index (Phi) is 3.94. The summed E-state index contributed by atoms with van der Waals surface area (Å²) in [5, 5.41) is 9.59. The van der Waals surface area contributed by atoms with E-state index >= 15 is 0 Å². The number of aryl methyl sites for hydroxylation is 1. The van der Waals surface area contributed by atoms with Crippen LogP contribution in [-0.2, 0) is 6.42 Å². The molecule has 96 valence electrons. The van der Waals surface area contributed by atoms with Gasteiger partial charge in [-0.3, -0.25) is 0 Å². The molecular weight excluding hydrogens is 260 g/mol. The highest BCUT2D eigenvalue weighted by atomic mass is 35.5. The molecule has 0 aliphatic rings. The summed E-state index contributed by atoms with van der Waals surface area (Å²) in [7, 11) is 0. The number of nitrogens with two attached hydrogens (primary N) is 1. The van der Waals surface area contributed by atoms with Gasteiger partial charge in [-0.05, 0) is 42.3 Å². The lowest BCUT2D eigenvalue weighted by Gasteiger charge is -2.10. The number of hydrogen-bond acceptors (Lipinski definition) is 3. The van der Waals surface area contributed by atoms with Crippen LogP contribution < -0.4 is 10.5 Å². The molecule has 19 heavy (non-hydrogen) atoms. The molecule has 2 rings (SSSR count). The third kappa shape index (κ3) is 2.98. The van der Waals surface area contributed by atoms with Crippen molar-refractivity contribution in [3.8, 4) is 17.6 Å². The maximum absolute atomic E-state index is 8.87. The number of anilines is 1. The Balaban J connectivity index is 2.33. The molecule has 2 aromatic carbocycles. The number of nitriles is 1. The first-order chi connectivity index (χ1) is 9.13. The van der Waals surface area contributed by atoms with Crippen LogP contribution in [0.4, 0.5) is 5.69 Å². The highest BCUT2D eigenvalue weighted by molar-refractivity contribution is 6.31. The van der Waals surface area contributed by atoms with Crippen molar-refractivity contribution in [2.24, 2.45) is 0 Å². The van der Waals surface area contributed by atoms with Crippen LogP contribution >= 0.6 is 11.6 Å². The van der Waals surface area contributed by atoms with Crippen molar-refractivity contribution >= 4 is 17.3 Å². The van der Waals surface area contributed by atoms with Gasteiger partial charge in [0.15, 0.2) is 5.75 Å². The molecule has 0 saturated carbocycles. The molecular formula is C15H13ClN2O. The van der Waals surface area contributed by atoms with E-state index in [9.17, 15) is 0 Å². The third-order valence-electron chi connectivity index (χ3n) is 2.77. The Morgan fingerprint density at radius 1 is 1.26 bits per heavy atom. The van der Waals surface area contributed by atoms with Crippen molar-refractivity contribution < 1.29 is 4.74 Å². The average Bonchev–Trinajstić information content (AvgIpc) is 2.43. The number of nitrogen functional groups attached to an aromatic ring is 1. The molecule has 0 amide bonds. The largest absolute Gasteiger partial charge is 0.455 e. The van der Waals surface area contributed by atoms with Crippen LogP contribution in [0.2, 0.25) is 5.02 Å². The quantitative estimate of drug-likeness (QED) is 0.854. The number of nitrogens with zero attached hydrogens (tertiary/aromatic N) is 1. The normalized spacial score (nSPS) is 9.95. The van der Waals surface area contributed by atoms with Crippen molar-refractivity contribution in [3.05, 3.63) is 52.5 Å². The van der Waals surface area contributed by atoms with Crippen LogP contribution in [0.5, 0.6) is 11.5 Å². The summed E-state index contributed by atoms with van der Waals surface area (Å²) in [5.41, 5.74) is 7.84. The minimum absolute atomic E-state index is 0.475. The second-order valence-electron chi connectivity index (χ2n) is 4.07. The Morgan fingerprint density at radius 2 is 2.05 bits per heavy atom. The Morgan fingerprint density at radius 3 is 2.74 bits per heavy atom. The number of hydrogen-bond donors (Lipinski definition) is 1. The lowest BCUT2D eigenvalue weighted by Crippen LogP contribution is -1.93. The van der Waals surface area contributed by atoms with E-state index in [2.05, 4.69) is 6.07 Å². The molecule has 0 aromatic heterocycles. The second-order valence-corrected chi connectivity index (χ2v) is 4.48. The van der Waals surface area contributed by atoms with E-state index in [4.69, 9.17) is 27.3 Å². The van der Waals surface area contributed by atoms with Crippen molar-refractivity contribution in [1.82, 2.24) is 0 Å². The Bertz CT molecular complexity index is 647. The lowest BCUT2D eigenvalue weighted by molar-refractivity contribution is 0.484. The number of halogens is 1. The minimum atomic E-state index is 0.475. The van der Waals surface area contributed by atoms with Crippen LogP contribution in [0.25, 0.3) is 0 Å². The fourth-order valence-electron chi connectivity index (χ4n) is 1.70. The molecule has 0 saturated heterocycles. The predicted molar refractivity (Wildman–Crippen MR) is 76.5 cm³/mol. The second kappa shape index (κ2) is 5.64. The highest BCUT2D eigenvalue weighted by Gasteiger charge is 2.06. The number of ether oxygens (including phenoxy) is 1. The maximum atomic E-state index is 8.87. The molecule has 0 aliphatic carbocycles. The van der Waals surface area contributed by atoms with Gasteiger partial charge in [0.2, 0.25) is 0 Å². The van der Waals surface area contributed by atoms with Crippen molar-refractivity contribution in [2.75, 3.05) is 5.73 Å². The SMILES string of the molecule is CCc1cc(Oc2cc(C#N)ccc2N)ccc1Cl. The molecule has 0 fully saturated rings. The van der Waals surface area contributed by atoms with Crippen LogP contribution in [-0.4, -0.2) is 0 Å². The monoisotopic (exact) mass is 272 g/mol. The zero-order chi connectivity index (χ0) is 13.8. The average molecular weight is 273 g/mol. The predicted octanol–water partition coefficient (Wildman–Crippen LogP) is 4.15. The zero-order valence-corrected chi connectivity index (χ0v) is 11.2. The smallest absolute Gasteiger partial charge is 0.151 e. The van der Waals surface area contributed by atoms with E-state index in [0.717, 1.165) is 12.0 Å². The standard InChI is InChI=1S/C15H13ClN2O/c1-2-11-8-12(4-5-13(11)16)19-15-7-10(9-17)3-6-14(15)18/h3-8H,2,18H2,1H3. The molecule has 0 unspecified atom stereocenters. The maximum Gasteiger partial charge on any atom is 0.151 e. The third-order valence-corrected chi connectivity index (χ3v) is 3.14. The van der Waals surface area contributed by atoms with Crippen LogP contribution in [0, 0.1) is 11.3 Å². The molecule has 0 spiro atoms. The van der Waals surface area contributed by atoms with Crippen LogP contribution in [0.1, 0.15) is 18.1 Å². The first kappa shape index (κ1) is 13.3. The summed E-state index contributed by atoms with van der Waals surface area (Å²) in [6.45, 7) is 2.02. The summed E-state index contributed by atoms with van der Waals surface area (Å²) in [6.07, 6.45) is 0.823. The molecule has 3 nitrogen and oxygen atoms in total. The van der Waals surface area contributed by atoms with Crippen molar-refractivity contribution in [3.63, 3.8) is 0 Å². The van der Waals surface area contributed by atoms with Gasteiger partial charge in [-0.25, -0.2) is 0 Å². The molecule has 0 radical (unpaired) electrons. The van der Waals surface area contributed by atoms with E-state index < -0.39 is 0 Å². The molecule has 0 aliphatic heterocycles. The topological polar surface area (TPSA) is 59.0 Å². The van der Waals surface area contributed by atoms with E-state index in [1.165, 1.54) is 0 Å². The zero-order valence-electron chi connectivity index (χ0n) is 10.5. The van der Waals surface area contributed by atoms with Gasteiger partial charge in [-0.1, -0.05) is 18.5 Å². The first-order valence-electron chi connectivity index (χ1n) is 5.90. The number of rotatable bonds is 3. The van der Waals surface area contributed by atoms with Crippen LogP contribution in [0.3, 0.4) is 0 Å². The fourth-order valence-corrected chi connectivity index (χ4v) is 1.96. The molecule has 4 heteroatoms. The molecule has 0 heterocycles. The van der Waals surface area contributed by atoms with E-state index in [-0.39, 0.29) is 0 Å². The summed E-state index contributed by atoms with van der Waals surface area (Å²) < 4.78 is 5.71. The van der Waals surface area contributed by atoms with Gasteiger partial charge in [-0.2, -0.15) is 5.26 Å². The van der Waals surface area contributed by atoms with Gasteiger partial charge in [0.05, 0.1) is 17.3 Å². The van der Waals surface area contributed by atoms with Gasteiger partial charge >= 0.3 is 0 Å². The molecule has 0 bridgehead atoms. The molecule has 2 N–H and O–H groups in total. The van der Waals surface area contributed by atoms with Gasteiger partial charge < -0.3 is 10.5 Å². The Labute approximate surface area is 117 Å². The lowest BCUT2D eigenvalue weighted by atomic mass is 10.1. The Hall–Kier alpha value is -2.18. The van der Waals surface area contributed by atoms with E-state index in [0.29, 0.717) is 27.8 Å². The van der Waals surface area contributed by atoms with Gasteiger partial charge in [0, 0.05) is 11.1 Å². The van der Waals surface area contributed by atoms with Gasteiger partial charge in [0.1, 0.15) is 5.75 Å². The molecule has 2 aromatic rings. The van der Waals surface area contributed by atoms with Crippen molar-refractivity contribution in [2.45, 2.75) is 13.3 Å². The first-order valence-corrected chi connectivity index (χ1v) is 6.27. The summed E-state index contributed by atoms with van der Waals surface area (Å²) in [6, 6.07) is 12.4. The van der Waals surface area contributed by atoms with E-state index in [1.54, 1.807) is 30.3 Å². The van der Waals surface area contributed by atoms with Crippen LogP contribution in [0.15, 0.2) is 36.4 Å². The van der Waals surface area contributed by atoms with Gasteiger partial charge in [-0.15, -0.1) is 0 Å². The fraction of sp³-hybridized carbons (Fsp3) is 0.133. The number of benzene rings is 2.